The zero-order valence-electron chi connectivity index (χ0n) is 14.5. The van der Waals surface area contributed by atoms with Crippen molar-refractivity contribution >= 4 is 34.3 Å². The highest BCUT2D eigenvalue weighted by molar-refractivity contribution is 7.98. The lowest BCUT2D eigenvalue weighted by Gasteiger charge is -2.12. The van der Waals surface area contributed by atoms with Gasteiger partial charge in [-0.05, 0) is 48.4 Å². The molecule has 3 aromatic heterocycles. The van der Waals surface area contributed by atoms with Gasteiger partial charge in [0.15, 0.2) is 5.16 Å². The van der Waals surface area contributed by atoms with E-state index in [0.29, 0.717) is 32.8 Å². The molecule has 27 heavy (non-hydrogen) atoms. The van der Waals surface area contributed by atoms with E-state index in [-0.39, 0.29) is 5.56 Å². The second-order valence-electron chi connectivity index (χ2n) is 6.02. The third-order valence-corrected chi connectivity index (χ3v) is 5.26. The number of pyridine rings is 2. The van der Waals surface area contributed by atoms with Gasteiger partial charge >= 0.3 is 0 Å². The first-order chi connectivity index (χ1) is 13.1. The van der Waals surface area contributed by atoms with Gasteiger partial charge < -0.3 is 0 Å². The number of aryl methyl sites for hydroxylation is 1. The molecule has 0 aliphatic carbocycles. The van der Waals surface area contributed by atoms with Gasteiger partial charge in [-0.3, -0.25) is 4.79 Å². The van der Waals surface area contributed by atoms with Crippen molar-refractivity contribution in [3.05, 3.63) is 87.6 Å². The van der Waals surface area contributed by atoms with E-state index in [1.165, 1.54) is 11.8 Å². The molecule has 0 unspecified atom stereocenters. The lowest BCUT2D eigenvalue weighted by atomic mass is 10.2. The fourth-order valence-corrected chi connectivity index (χ4v) is 3.74. The highest BCUT2D eigenvalue weighted by Gasteiger charge is 2.14. The Bertz CT molecular complexity index is 1170. The number of thioether (sulfide) groups is 1. The average Bonchev–Trinajstić information content (AvgIpc) is 2.68. The molecule has 0 amide bonds. The number of benzene rings is 1. The molecule has 0 saturated heterocycles. The fraction of sp³-hybridized carbons (Fsp3) is 0.100. The maximum absolute atomic E-state index is 13.2. The molecule has 0 aliphatic rings. The highest BCUT2D eigenvalue weighted by atomic mass is 35.5. The molecule has 0 radical (unpaired) electrons. The Kier molecular flexibility index (Phi) is 4.92. The molecule has 4 aromatic rings. The molecule has 3 heterocycles. The van der Waals surface area contributed by atoms with Crippen LogP contribution in [0.1, 0.15) is 11.1 Å². The number of hydrogen-bond acceptors (Lipinski definition) is 5. The molecule has 0 atom stereocenters. The van der Waals surface area contributed by atoms with Crippen molar-refractivity contribution in [3.8, 4) is 5.82 Å². The van der Waals surface area contributed by atoms with Crippen molar-refractivity contribution in [2.45, 2.75) is 17.8 Å². The predicted molar refractivity (Wildman–Crippen MR) is 109 cm³/mol. The predicted octanol–water partition coefficient (Wildman–Crippen LogP) is 4.43. The van der Waals surface area contributed by atoms with E-state index in [1.807, 2.05) is 43.3 Å². The first-order valence-electron chi connectivity index (χ1n) is 8.30. The van der Waals surface area contributed by atoms with Gasteiger partial charge in [0.25, 0.3) is 5.56 Å². The summed E-state index contributed by atoms with van der Waals surface area (Å²) in [4.78, 5) is 26.4. The smallest absolute Gasteiger partial charge is 0.267 e. The minimum Gasteiger partial charge on any atom is -0.268 e. The number of aromatic nitrogens is 4. The second kappa shape index (κ2) is 7.50. The summed E-state index contributed by atoms with van der Waals surface area (Å²) in [6.07, 6.45) is 3.42. The molecule has 0 N–H and O–H groups in total. The summed E-state index contributed by atoms with van der Waals surface area (Å²) < 4.78 is 1.57. The Labute approximate surface area is 165 Å². The van der Waals surface area contributed by atoms with Crippen LogP contribution in [0.15, 0.2) is 70.9 Å². The van der Waals surface area contributed by atoms with E-state index in [0.717, 1.165) is 11.1 Å². The molecule has 4 rings (SSSR count). The van der Waals surface area contributed by atoms with E-state index in [2.05, 4.69) is 9.97 Å². The van der Waals surface area contributed by atoms with Crippen LogP contribution < -0.4 is 5.56 Å². The molecule has 0 saturated carbocycles. The number of halogens is 1. The number of fused-ring (bicyclic) bond motifs is 1. The summed E-state index contributed by atoms with van der Waals surface area (Å²) in [5.41, 5.74) is 2.56. The minimum absolute atomic E-state index is 0.129. The minimum atomic E-state index is -0.129. The van der Waals surface area contributed by atoms with Crippen LogP contribution >= 0.6 is 23.4 Å². The summed E-state index contributed by atoms with van der Waals surface area (Å²) in [5.74, 6) is 1.18. The molecule has 0 aliphatic heterocycles. The van der Waals surface area contributed by atoms with Crippen LogP contribution in [0, 0.1) is 6.92 Å². The van der Waals surface area contributed by atoms with E-state index in [4.69, 9.17) is 16.6 Å². The third-order valence-electron chi connectivity index (χ3n) is 4.03. The maximum atomic E-state index is 13.2. The van der Waals surface area contributed by atoms with Crippen LogP contribution in [-0.4, -0.2) is 19.5 Å². The van der Waals surface area contributed by atoms with Gasteiger partial charge in [0.1, 0.15) is 11.0 Å². The summed E-state index contributed by atoms with van der Waals surface area (Å²) in [6.45, 7) is 1.97. The van der Waals surface area contributed by atoms with Crippen LogP contribution in [-0.2, 0) is 5.75 Å². The standard InChI is InChI=1S/C20H15ClN4OS/c1-13-8-9-22-18(10-13)25-19(26)15-4-2-3-5-16(15)24-20(25)27-12-14-6-7-17(21)23-11-14/h2-11H,12H2,1H3. The Morgan fingerprint density at radius 2 is 1.96 bits per heavy atom. The summed E-state index contributed by atoms with van der Waals surface area (Å²) in [6, 6.07) is 14.8. The molecule has 0 fully saturated rings. The van der Waals surface area contributed by atoms with Gasteiger partial charge in [-0.1, -0.05) is 41.6 Å². The van der Waals surface area contributed by atoms with Crippen molar-refractivity contribution in [2.75, 3.05) is 0 Å². The fourth-order valence-electron chi connectivity index (χ4n) is 2.69. The van der Waals surface area contributed by atoms with Crippen LogP contribution in [0.3, 0.4) is 0 Å². The summed E-state index contributed by atoms with van der Waals surface area (Å²) >= 11 is 7.32. The van der Waals surface area contributed by atoms with Crippen LogP contribution in [0.5, 0.6) is 0 Å². The second-order valence-corrected chi connectivity index (χ2v) is 7.35. The highest BCUT2D eigenvalue weighted by Crippen LogP contribution is 2.24. The lowest BCUT2D eigenvalue weighted by Crippen LogP contribution is -2.22. The van der Waals surface area contributed by atoms with Crippen molar-refractivity contribution in [1.82, 2.24) is 19.5 Å². The van der Waals surface area contributed by atoms with Gasteiger partial charge in [0.2, 0.25) is 0 Å². The van der Waals surface area contributed by atoms with Gasteiger partial charge in [-0.15, -0.1) is 0 Å². The zero-order chi connectivity index (χ0) is 18.8. The monoisotopic (exact) mass is 394 g/mol. The molecular formula is C20H15ClN4OS. The molecule has 134 valence electrons. The van der Waals surface area contributed by atoms with Gasteiger partial charge in [0.05, 0.1) is 10.9 Å². The van der Waals surface area contributed by atoms with E-state index < -0.39 is 0 Å². The molecule has 5 nitrogen and oxygen atoms in total. The lowest BCUT2D eigenvalue weighted by molar-refractivity contribution is 0.794. The summed E-state index contributed by atoms with van der Waals surface area (Å²) in [5, 5.41) is 1.61. The number of rotatable bonds is 4. The van der Waals surface area contributed by atoms with Crippen LogP contribution in [0.25, 0.3) is 16.7 Å². The molecule has 0 bridgehead atoms. The normalized spacial score (nSPS) is 11.0. The zero-order valence-corrected chi connectivity index (χ0v) is 16.0. The topological polar surface area (TPSA) is 60.7 Å². The van der Waals surface area contributed by atoms with Gasteiger partial charge in [-0.25, -0.2) is 19.5 Å². The summed E-state index contributed by atoms with van der Waals surface area (Å²) in [7, 11) is 0. The van der Waals surface area contributed by atoms with Gasteiger partial charge in [-0.2, -0.15) is 0 Å². The largest absolute Gasteiger partial charge is 0.268 e. The quantitative estimate of drug-likeness (QED) is 0.291. The first kappa shape index (κ1) is 17.7. The van der Waals surface area contributed by atoms with Crippen molar-refractivity contribution in [2.24, 2.45) is 0 Å². The Morgan fingerprint density at radius 3 is 2.74 bits per heavy atom. The SMILES string of the molecule is Cc1ccnc(-n2c(SCc3ccc(Cl)nc3)nc3ccccc3c2=O)c1. The molecular weight excluding hydrogens is 380 g/mol. The van der Waals surface area contributed by atoms with Crippen molar-refractivity contribution < 1.29 is 0 Å². The first-order valence-corrected chi connectivity index (χ1v) is 9.66. The number of hydrogen-bond donors (Lipinski definition) is 0. The van der Waals surface area contributed by atoms with Crippen molar-refractivity contribution in [3.63, 3.8) is 0 Å². The van der Waals surface area contributed by atoms with E-state index >= 15 is 0 Å². The average molecular weight is 395 g/mol. The third kappa shape index (κ3) is 3.72. The number of para-hydroxylation sites is 1. The van der Waals surface area contributed by atoms with Crippen LogP contribution in [0.2, 0.25) is 5.15 Å². The van der Waals surface area contributed by atoms with E-state index in [9.17, 15) is 4.79 Å². The van der Waals surface area contributed by atoms with E-state index in [1.54, 1.807) is 29.1 Å². The molecule has 7 heteroatoms. The molecule has 0 spiro atoms. The maximum Gasteiger partial charge on any atom is 0.267 e. The number of nitrogens with zero attached hydrogens (tertiary/aromatic N) is 4. The molecule has 1 aromatic carbocycles. The van der Waals surface area contributed by atoms with Crippen LogP contribution in [0.4, 0.5) is 0 Å². The van der Waals surface area contributed by atoms with Crippen molar-refractivity contribution in [1.29, 1.82) is 0 Å². The Hall–Kier alpha value is -2.70. The van der Waals surface area contributed by atoms with Gasteiger partial charge in [0, 0.05) is 18.1 Å². The Balaban J connectivity index is 1.83. The Morgan fingerprint density at radius 1 is 1.11 bits per heavy atom.